The summed E-state index contributed by atoms with van der Waals surface area (Å²) in [5.74, 6) is 1.30. The number of ether oxygens (including phenoxy) is 1. The summed E-state index contributed by atoms with van der Waals surface area (Å²) >= 11 is 0. The first-order chi connectivity index (χ1) is 17.6. The zero-order chi connectivity index (χ0) is 24.6. The number of aromatic nitrogens is 7. The molecule has 1 fully saturated rings. The number of morpholine rings is 1. The highest BCUT2D eigenvalue weighted by Crippen LogP contribution is 2.33. The summed E-state index contributed by atoms with van der Waals surface area (Å²) in [6.45, 7) is 7.61. The van der Waals surface area contributed by atoms with E-state index in [2.05, 4.69) is 30.2 Å². The van der Waals surface area contributed by atoms with Crippen molar-refractivity contribution < 1.29 is 4.74 Å². The Kier molecular flexibility index (Phi) is 6.85. The van der Waals surface area contributed by atoms with E-state index in [9.17, 15) is 4.79 Å². The molecule has 37 heavy (non-hydrogen) atoms. The standard InChI is InChI=1S/C25H27N9O2.H2S/c1-3-34-14-19-22(32-34)23(28-15(2)16-6-4-5-7-26-16)21(25(35)31-19)24-29-17-12-20(27-13-18(17)30-24)33-8-10-36-11-9-33;/h4-7,12-15,28H,3,8-11H2,1-2H3,(H,29,30)(H,31,35);1H2/t15-;/m0./s1. The lowest BCUT2D eigenvalue weighted by atomic mass is 10.1. The molecule has 0 radical (unpaired) electrons. The van der Waals surface area contributed by atoms with Crippen LogP contribution in [0.2, 0.25) is 0 Å². The molecule has 0 saturated carbocycles. The predicted octanol–water partition coefficient (Wildman–Crippen LogP) is 3.20. The molecule has 12 heteroatoms. The van der Waals surface area contributed by atoms with Crippen LogP contribution < -0.4 is 15.8 Å². The molecular weight excluding hydrogens is 490 g/mol. The second kappa shape index (κ2) is 10.2. The first kappa shape index (κ1) is 24.8. The summed E-state index contributed by atoms with van der Waals surface area (Å²) in [6, 6.07) is 7.55. The maximum atomic E-state index is 13.4. The zero-order valence-electron chi connectivity index (χ0n) is 20.7. The fraction of sp³-hybridized carbons (Fsp3) is 0.320. The maximum absolute atomic E-state index is 13.4. The lowest BCUT2D eigenvalue weighted by Crippen LogP contribution is -2.36. The summed E-state index contributed by atoms with van der Waals surface area (Å²) in [7, 11) is 0. The fourth-order valence-corrected chi connectivity index (χ4v) is 4.55. The molecular formula is C25H29N9O2S. The number of aromatic amines is 2. The van der Waals surface area contributed by atoms with Gasteiger partial charge < -0.3 is 24.9 Å². The highest BCUT2D eigenvalue weighted by Gasteiger charge is 2.23. The molecule has 11 nitrogen and oxygen atoms in total. The number of hydrogen-bond donors (Lipinski definition) is 3. The Morgan fingerprint density at radius 2 is 2.00 bits per heavy atom. The number of aryl methyl sites for hydroxylation is 1. The topological polar surface area (TPSA) is 130 Å². The molecule has 192 valence electrons. The maximum Gasteiger partial charge on any atom is 0.261 e. The summed E-state index contributed by atoms with van der Waals surface area (Å²) < 4.78 is 7.26. The van der Waals surface area contributed by atoms with Crippen molar-refractivity contribution in [2.75, 3.05) is 36.5 Å². The molecule has 0 unspecified atom stereocenters. The van der Waals surface area contributed by atoms with Crippen LogP contribution >= 0.6 is 13.5 Å². The molecule has 6 heterocycles. The minimum absolute atomic E-state index is 0. The van der Waals surface area contributed by atoms with Crippen LogP contribution in [0.15, 0.2) is 47.7 Å². The minimum Gasteiger partial charge on any atom is -0.378 e. The zero-order valence-corrected chi connectivity index (χ0v) is 21.7. The van der Waals surface area contributed by atoms with Gasteiger partial charge in [-0.05, 0) is 26.0 Å². The van der Waals surface area contributed by atoms with Gasteiger partial charge in [0.15, 0.2) is 0 Å². The summed E-state index contributed by atoms with van der Waals surface area (Å²) in [4.78, 5) is 35.8. The number of fused-ring (bicyclic) bond motifs is 2. The summed E-state index contributed by atoms with van der Waals surface area (Å²) in [5, 5.41) is 8.22. The fourth-order valence-electron chi connectivity index (χ4n) is 4.55. The van der Waals surface area contributed by atoms with E-state index in [0.717, 1.165) is 35.6 Å². The van der Waals surface area contributed by atoms with Crippen molar-refractivity contribution in [3.8, 4) is 11.4 Å². The molecule has 1 saturated heterocycles. The lowest BCUT2D eigenvalue weighted by Gasteiger charge is -2.27. The number of nitrogens with zero attached hydrogens (tertiary/aromatic N) is 6. The molecule has 6 rings (SSSR count). The third-order valence-corrected chi connectivity index (χ3v) is 6.46. The van der Waals surface area contributed by atoms with Crippen molar-refractivity contribution >= 4 is 47.1 Å². The van der Waals surface area contributed by atoms with Gasteiger partial charge in [-0.3, -0.25) is 14.5 Å². The van der Waals surface area contributed by atoms with E-state index < -0.39 is 0 Å². The highest BCUT2D eigenvalue weighted by atomic mass is 32.1. The van der Waals surface area contributed by atoms with E-state index in [-0.39, 0.29) is 25.1 Å². The van der Waals surface area contributed by atoms with E-state index in [1.807, 2.05) is 44.3 Å². The van der Waals surface area contributed by atoms with Crippen LogP contribution in [-0.2, 0) is 11.3 Å². The van der Waals surface area contributed by atoms with Crippen LogP contribution in [0.5, 0.6) is 0 Å². The van der Waals surface area contributed by atoms with E-state index >= 15 is 0 Å². The van der Waals surface area contributed by atoms with Gasteiger partial charge >= 0.3 is 0 Å². The second-order valence-corrected chi connectivity index (χ2v) is 8.82. The average Bonchev–Trinajstić information content (AvgIpc) is 3.53. The molecule has 0 bridgehead atoms. The average molecular weight is 520 g/mol. The van der Waals surface area contributed by atoms with E-state index in [0.29, 0.717) is 47.9 Å². The Morgan fingerprint density at radius 1 is 1.16 bits per heavy atom. The molecule has 1 atom stereocenters. The van der Waals surface area contributed by atoms with Crippen molar-refractivity contribution in [3.63, 3.8) is 0 Å². The Balaban J connectivity index is 0.00000280. The van der Waals surface area contributed by atoms with Gasteiger partial charge in [0.1, 0.15) is 22.7 Å². The lowest BCUT2D eigenvalue weighted by molar-refractivity contribution is 0.122. The van der Waals surface area contributed by atoms with E-state index in [4.69, 9.17) is 14.8 Å². The SMILES string of the molecule is CCn1cc2[nH]c(=O)c(-c3nc4cc(N5CCOCC5)ncc4[nH]3)c(N[C@@H](C)c3ccccn3)c2n1.S. The first-order valence-electron chi connectivity index (χ1n) is 12.1. The normalized spacial score (nSPS) is 14.6. The third kappa shape index (κ3) is 4.65. The number of H-pyrrole nitrogens is 2. The highest BCUT2D eigenvalue weighted by molar-refractivity contribution is 7.59. The van der Waals surface area contributed by atoms with Crippen LogP contribution in [0.4, 0.5) is 11.5 Å². The van der Waals surface area contributed by atoms with Crippen LogP contribution in [-0.4, -0.2) is 61.0 Å². The van der Waals surface area contributed by atoms with Gasteiger partial charge in [0.2, 0.25) is 0 Å². The quantitative estimate of drug-likeness (QED) is 0.312. The van der Waals surface area contributed by atoms with Gasteiger partial charge in [-0.2, -0.15) is 18.6 Å². The molecule has 3 N–H and O–H groups in total. The number of anilines is 2. The van der Waals surface area contributed by atoms with Crippen LogP contribution in [0.3, 0.4) is 0 Å². The van der Waals surface area contributed by atoms with Gasteiger partial charge in [-0.15, -0.1) is 0 Å². The molecule has 0 amide bonds. The summed E-state index contributed by atoms with van der Waals surface area (Å²) in [6.07, 6.45) is 5.36. The van der Waals surface area contributed by atoms with Gasteiger partial charge in [0.25, 0.3) is 5.56 Å². The van der Waals surface area contributed by atoms with Crippen LogP contribution in [0.25, 0.3) is 33.5 Å². The molecule has 5 aromatic heterocycles. The van der Waals surface area contributed by atoms with E-state index in [1.54, 1.807) is 17.1 Å². The number of hydrogen-bond acceptors (Lipinski definition) is 8. The van der Waals surface area contributed by atoms with Crippen LogP contribution in [0.1, 0.15) is 25.6 Å². The predicted molar refractivity (Wildman–Crippen MR) is 149 cm³/mol. The second-order valence-electron chi connectivity index (χ2n) is 8.82. The van der Waals surface area contributed by atoms with Gasteiger partial charge in [-0.1, -0.05) is 6.07 Å². The Morgan fingerprint density at radius 3 is 2.76 bits per heavy atom. The van der Waals surface area contributed by atoms with Crippen molar-refractivity contribution in [1.29, 1.82) is 0 Å². The minimum atomic E-state index is -0.255. The smallest absolute Gasteiger partial charge is 0.261 e. The molecule has 0 spiro atoms. The molecule has 5 aromatic rings. The van der Waals surface area contributed by atoms with Crippen molar-refractivity contribution in [2.45, 2.75) is 26.4 Å². The van der Waals surface area contributed by atoms with Gasteiger partial charge in [-0.25, -0.2) is 9.97 Å². The van der Waals surface area contributed by atoms with Crippen molar-refractivity contribution in [3.05, 3.63) is 58.9 Å². The number of imidazole rings is 1. The van der Waals surface area contributed by atoms with Gasteiger partial charge in [0.05, 0.1) is 53.4 Å². The largest absolute Gasteiger partial charge is 0.378 e. The first-order valence-corrected chi connectivity index (χ1v) is 12.1. The Labute approximate surface area is 219 Å². The molecule has 0 aliphatic carbocycles. The molecule has 0 aromatic carbocycles. The number of rotatable bonds is 6. The monoisotopic (exact) mass is 519 g/mol. The summed E-state index contributed by atoms with van der Waals surface area (Å²) in [5.41, 5.74) is 4.43. The Bertz CT molecular complexity index is 1590. The number of pyridine rings is 3. The number of nitrogens with one attached hydrogen (secondary N) is 3. The Hall–Kier alpha value is -3.90. The molecule has 1 aliphatic rings. The van der Waals surface area contributed by atoms with Gasteiger partial charge in [0, 0.05) is 38.1 Å². The van der Waals surface area contributed by atoms with Crippen LogP contribution in [0, 0.1) is 0 Å². The van der Waals surface area contributed by atoms with E-state index in [1.165, 1.54) is 0 Å². The molecule has 1 aliphatic heterocycles. The van der Waals surface area contributed by atoms with Crippen molar-refractivity contribution in [2.24, 2.45) is 0 Å². The third-order valence-electron chi connectivity index (χ3n) is 6.46. The van der Waals surface area contributed by atoms with Crippen molar-refractivity contribution in [1.82, 2.24) is 34.7 Å².